The predicted octanol–water partition coefficient (Wildman–Crippen LogP) is 2.68. The van der Waals surface area contributed by atoms with Crippen LogP contribution in [0.3, 0.4) is 0 Å². The van der Waals surface area contributed by atoms with E-state index in [2.05, 4.69) is 17.6 Å². The van der Waals surface area contributed by atoms with Gasteiger partial charge in [-0.2, -0.15) is 0 Å². The van der Waals surface area contributed by atoms with E-state index in [-0.39, 0.29) is 18.3 Å². The first-order chi connectivity index (χ1) is 9.24. The van der Waals surface area contributed by atoms with Crippen molar-refractivity contribution in [2.75, 3.05) is 0 Å². The average Bonchev–Trinajstić information content (AvgIpc) is 2.78. The van der Waals surface area contributed by atoms with Crippen LogP contribution in [0.2, 0.25) is 0 Å². The van der Waals surface area contributed by atoms with Gasteiger partial charge in [0, 0.05) is 23.7 Å². The fraction of sp³-hybridized carbons (Fsp3) is 0.562. The zero-order valence-corrected chi connectivity index (χ0v) is 12.7. The first kappa shape index (κ1) is 15.3. The quantitative estimate of drug-likeness (QED) is 0.900. The topological polar surface area (TPSA) is 41.1 Å². The molecule has 0 saturated carbocycles. The number of benzene rings is 1. The highest BCUT2D eigenvalue weighted by atomic mass is 35.5. The third kappa shape index (κ3) is 3.33. The van der Waals surface area contributed by atoms with Crippen molar-refractivity contribution in [1.29, 1.82) is 0 Å². The van der Waals surface area contributed by atoms with Crippen LogP contribution in [0.5, 0.6) is 0 Å². The van der Waals surface area contributed by atoms with Crippen LogP contribution < -0.4 is 10.6 Å². The van der Waals surface area contributed by atoms with Crippen molar-refractivity contribution >= 4 is 18.3 Å². The Morgan fingerprint density at radius 3 is 2.35 bits per heavy atom. The Morgan fingerprint density at radius 2 is 1.80 bits per heavy atom. The van der Waals surface area contributed by atoms with E-state index in [4.69, 9.17) is 0 Å². The summed E-state index contributed by atoms with van der Waals surface area (Å²) in [6.07, 6.45) is 5.70. The highest BCUT2D eigenvalue weighted by molar-refractivity contribution is 5.94. The Kier molecular flexibility index (Phi) is 5.06. The molecule has 2 aliphatic rings. The van der Waals surface area contributed by atoms with Crippen molar-refractivity contribution in [3.05, 3.63) is 35.4 Å². The highest BCUT2D eigenvalue weighted by Crippen LogP contribution is 2.26. The van der Waals surface area contributed by atoms with Gasteiger partial charge in [-0.25, -0.2) is 0 Å². The lowest BCUT2D eigenvalue weighted by Crippen LogP contribution is -2.48. The van der Waals surface area contributed by atoms with Crippen molar-refractivity contribution in [3.63, 3.8) is 0 Å². The Bertz CT molecular complexity index is 448. The van der Waals surface area contributed by atoms with Crippen molar-refractivity contribution in [1.82, 2.24) is 10.6 Å². The lowest BCUT2D eigenvalue weighted by Gasteiger charge is -2.29. The number of carbonyl (C=O) groups excluding carboxylic acids is 1. The summed E-state index contributed by atoms with van der Waals surface area (Å²) >= 11 is 0. The number of piperidine rings is 1. The molecule has 2 N–H and O–H groups in total. The molecule has 2 fully saturated rings. The van der Waals surface area contributed by atoms with Gasteiger partial charge in [0.05, 0.1) is 0 Å². The minimum atomic E-state index is 0. The molecule has 0 aromatic heterocycles. The minimum Gasteiger partial charge on any atom is -0.349 e. The van der Waals surface area contributed by atoms with Crippen LogP contribution in [-0.2, 0) is 6.42 Å². The molecule has 1 aromatic rings. The molecule has 1 aromatic carbocycles. The highest BCUT2D eigenvalue weighted by Gasteiger charge is 2.33. The van der Waals surface area contributed by atoms with E-state index in [9.17, 15) is 4.79 Å². The third-order valence-electron chi connectivity index (χ3n) is 4.43. The van der Waals surface area contributed by atoms with Gasteiger partial charge in [0.2, 0.25) is 0 Å². The molecule has 4 heteroatoms. The number of amides is 1. The van der Waals surface area contributed by atoms with Crippen LogP contribution in [0, 0.1) is 0 Å². The van der Waals surface area contributed by atoms with Gasteiger partial charge in [0.15, 0.2) is 0 Å². The van der Waals surface area contributed by atoms with Gasteiger partial charge >= 0.3 is 0 Å². The first-order valence-corrected chi connectivity index (χ1v) is 7.40. The molecule has 110 valence electrons. The molecule has 3 rings (SSSR count). The second-order valence-corrected chi connectivity index (χ2v) is 5.83. The van der Waals surface area contributed by atoms with E-state index in [1.807, 2.05) is 24.3 Å². The smallest absolute Gasteiger partial charge is 0.251 e. The summed E-state index contributed by atoms with van der Waals surface area (Å²) in [5.41, 5.74) is 2.06. The summed E-state index contributed by atoms with van der Waals surface area (Å²) in [5, 5.41) is 6.79. The number of aryl methyl sites for hydroxylation is 1. The molecule has 2 unspecified atom stereocenters. The van der Waals surface area contributed by atoms with Gasteiger partial charge in [-0.15, -0.1) is 12.4 Å². The predicted molar refractivity (Wildman–Crippen MR) is 83.5 cm³/mol. The second kappa shape index (κ2) is 6.59. The maximum Gasteiger partial charge on any atom is 0.251 e. The normalized spacial score (nSPS) is 27.8. The van der Waals surface area contributed by atoms with Crippen LogP contribution in [0.1, 0.15) is 48.5 Å². The molecule has 20 heavy (non-hydrogen) atoms. The number of nitrogens with one attached hydrogen (secondary N) is 2. The van der Waals surface area contributed by atoms with Crippen LogP contribution in [-0.4, -0.2) is 24.0 Å². The standard InChI is InChI=1S/C16H22N2O.ClH/c1-2-11-3-5-12(6-4-11)16(19)18-15-9-13-7-8-14(10-15)17-13;/h3-6,13-15,17H,2,7-10H2,1H3,(H,18,19);1H. The fourth-order valence-electron chi connectivity index (χ4n) is 3.34. The van der Waals surface area contributed by atoms with Gasteiger partial charge < -0.3 is 10.6 Å². The summed E-state index contributed by atoms with van der Waals surface area (Å²) < 4.78 is 0. The number of hydrogen-bond donors (Lipinski definition) is 2. The van der Waals surface area contributed by atoms with Crippen molar-refractivity contribution in [2.24, 2.45) is 0 Å². The molecule has 3 nitrogen and oxygen atoms in total. The van der Waals surface area contributed by atoms with E-state index in [0.29, 0.717) is 18.1 Å². The lowest BCUT2D eigenvalue weighted by molar-refractivity contribution is 0.0924. The molecule has 2 atom stereocenters. The second-order valence-electron chi connectivity index (χ2n) is 5.83. The maximum absolute atomic E-state index is 12.2. The fourth-order valence-corrected chi connectivity index (χ4v) is 3.34. The summed E-state index contributed by atoms with van der Waals surface area (Å²) in [6.45, 7) is 2.12. The van der Waals surface area contributed by atoms with Gasteiger partial charge in [-0.3, -0.25) is 4.79 Å². The monoisotopic (exact) mass is 294 g/mol. The zero-order chi connectivity index (χ0) is 13.2. The summed E-state index contributed by atoms with van der Waals surface area (Å²) in [4.78, 5) is 12.2. The third-order valence-corrected chi connectivity index (χ3v) is 4.43. The average molecular weight is 295 g/mol. The van der Waals surface area contributed by atoms with E-state index in [1.54, 1.807) is 0 Å². The molecule has 2 bridgehead atoms. The molecule has 0 aliphatic carbocycles. The first-order valence-electron chi connectivity index (χ1n) is 7.40. The van der Waals surface area contributed by atoms with Crippen LogP contribution >= 0.6 is 12.4 Å². The molecule has 2 saturated heterocycles. The van der Waals surface area contributed by atoms with E-state index in [1.165, 1.54) is 18.4 Å². The number of rotatable bonds is 3. The van der Waals surface area contributed by atoms with E-state index in [0.717, 1.165) is 24.8 Å². The molecular formula is C16H23ClN2O. The molecule has 0 radical (unpaired) electrons. The Hall–Kier alpha value is -1.06. The summed E-state index contributed by atoms with van der Waals surface area (Å²) in [7, 11) is 0. The Labute approximate surface area is 126 Å². The van der Waals surface area contributed by atoms with Gasteiger partial charge in [-0.1, -0.05) is 19.1 Å². The van der Waals surface area contributed by atoms with Crippen LogP contribution in [0.15, 0.2) is 24.3 Å². The Morgan fingerprint density at radius 1 is 1.20 bits per heavy atom. The zero-order valence-electron chi connectivity index (χ0n) is 11.9. The molecule has 2 heterocycles. The molecule has 2 aliphatic heterocycles. The number of halogens is 1. The number of carbonyl (C=O) groups is 1. The largest absolute Gasteiger partial charge is 0.349 e. The van der Waals surface area contributed by atoms with E-state index < -0.39 is 0 Å². The molecule has 0 spiro atoms. The van der Waals surface area contributed by atoms with E-state index >= 15 is 0 Å². The lowest BCUT2D eigenvalue weighted by atomic mass is 9.99. The maximum atomic E-state index is 12.2. The van der Waals surface area contributed by atoms with Crippen molar-refractivity contribution in [2.45, 2.75) is 57.2 Å². The van der Waals surface area contributed by atoms with Crippen molar-refractivity contribution in [3.8, 4) is 0 Å². The number of hydrogen-bond acceptors (Lipinski definition) is 2. The minimum absolute atomic E-state index is 0. The SMILES string of the molecule is CCc1ccc(C(=O)NC2CC3CCC(C2)N3)cc1.Cl. The molecule has 1 amide bonds. The van der Waals surface area contributed by atoms with Crippen LogP contribution in [0.25, 0.3) is 0 Å². The van der Waals surface area contributed by atoms with Crippen LogP contribution in [0.4, 0.5) is 0 Å². The van der Waals surface area contributed by atoms with Gasteiger partial charge in [-0.05, 0) is 49.8 Å². The van der Waals surface area contributed by atoms with Gasteiger partial charge in [0.1, 0.15) is 0 Å². The van der Waals surface area contributed by atoms with Crippen molar-refractivity contribution < 1.29 is 4.79 Å². The Balaban J connectivity index is 0.00000147. The number of fused-ring (bicyclic) bond motifs is 2. The summed E-state index contributed by atoms with van der Waals surface area (Å²) in [5.74, 6) is 0.0777. The van der Waals surface area contributed by atoms with Gasteiger partial charge in [0.25, 0.3) is 5.91 Å². The summed E-state index contributed by atoms with van der Waals surface area (Å²) in [6, 6.07) is 9.53. The molecular weight excluding hydrogens is 272 g/mol.